The molecule has 0 radical (unpaired) electrons. The topological polar surface area (TPSA) is 25.2 Å². The van der Waals surface area contributed by atoms with Crippen molar-refractivity contribution in [1.82, 2.24) is 4.98 Å². The first-order valence-electron chi connectivity index (χ1n) is 2.02. The van der Waals surface area contributed by atoms with Gasteiger partial charge in [-0.3, -0.25) is 0 Å². The van der Waals surface area contributed by atoms with Crippen LogP contribution in [0.2, 0.25) is 0 Å². The number of thiocarbonyl (C=S) groups is 1. The number of thiazole rings is 1. The number of halogens is 1. The highest BCUT2D eigenvalue weighted by atomic mass is 79.9. The van der Waals surface area contributed by atoms with Crippen molar-refractivity contribution in [3.63, 3.8) is 0 Å². The second-order valence-electron chi connectivity index (χ2n) is 1.16. The molecule has 0 aliphatic carbocycles. The Bertz CT molecular complexity index is 251. The van der Waals surface area contributed by atoms with E-state index in [-0.39, 0.29) is 0 Å². The van der Waals surface area contributed by atoms with Crippen LogP contribution in [-0.4, -0.2) is 10.1 Å². The standard InChI is InChI=1S/C4HBrN2S2/c5-3-1-9-4(7-3)6-2-8/h1H. The van der Waals surface area contributed by atoms with Crippen LogP contribution in [0.1, 0.15) is 0 Å². The van der Waals surface area contributed by atoms with Gasteiger partial charge in [0.05, 0.1) is 5.16 Å². The normalized spacial score (nSPS) is 8.56. The van der Waals surface area contributed by atoms with Crippen molar-refractivity contribution in [2.75, 3.05) is 0 Å². The lowest BCUT2D eigenvalue weighted by Crippen LogP contribution is -1.57. The molecule has 1 heterocycles. The van der Waals surface area contributed by atoms with Crippen molar-refractivity contribution in [3.8, 4) is 0 Å². The molecule has 0 N–H and O–H groups in total. The molecular formula is C4HBrN2S2. The molecule has 9 heavy (non-hydrogen) atoms. The predicted octanol–water partition coefficient (Wildman–Crippen LogP) is 2.64. The van der Waals surface area contributed by atoms with Gasteiger partial charge in [0.1, 0.15) is 4.60 Å². The zero-order chi connectivity index (χ0) is 6.69. The summed E-state index contributed by atoms with van der Waals surface area (Å²) in [5.41, 5.74) is 0. The van der Waals surface area contributed by atoms with Crippen molar-refractivity contribution in [2.24, 2.45) is 4.99 Å². The second-order valence-corrected chi connectivity index (χ2v) is 2.99. The van der Waals surface area contributed by atoms with Gasteiger partial charge in [0.2, 0.25) is 5.13 Å². The van der Waals surface area contributed by atoms with Gasteiger partial charge in [0.15, 0.2) is 0 Å². The van der Waals surface area contributed by atoms with Gasteiger partial charge in [-0.1, -0.05) is 0 Å². The number of aliphatic imine (C=N–C) groups is 1. The minimum absolute atomic E-state index is 0.636. The summed E-state index contributed by atoms with van der Waals surface area (Å²) in [5.74, 6) is 0. The molecule has 0 bridgehead atoms. The van der Waals surface area contributed by atoms with Crippen LogP contribution in [0.25, 0.3) is 0 Å². The number of aromatic nitrogens is 1. The quantitative estimate of drug-likeness (QED) is 0.538. The van der Waals surface area contributed by atoms with E-state index in [4.69, 9.17) is 0 Å². The molecule has 0 aromatic carbocycles. The maximum Gasteiger partial charge on any atom is 0.219 e. The SMILES string of the molecule is S=C=Nc1nc(Br)cs1. The Morgan fingerprint density at radius 2 is 2.67 bits per heavy atom. The summed E-state index contributed by atoms with van der Waals surface area (Å²) >= 11 is 8.98. The number of isothiocyanates is 1. The predicted molar refractivity (Wildman–Crippen MR) is 44.5 cm³/mol. The van der Waals surface area contributed by atoms with Crippen LogP contribution in [0.15, 0.2) is 15.0 Å². The molecule has 2 nitrogen and oxygen atoms in total. The fraction of sp³-hybridized carbons (Fsp3) is 0. The zero-order valence-corrected chi connectivity index (χ0v) is 7.39. The first kappa shape index (κ1) is 7.02. The van der Waals surface area contributed by atoms with Crippen molar-refractivity contribution < 1.29 is 0 Å². The van der Waals surface area contributed by atoms with Crippen molar-refractivity contribution >= 4 is 49.8 Å². The molecule has 1 aromatic rings. The highest BCUT2D eigenvalue weighted by molar-refractivity contribution is 9.10. The van der Waals surface area contributed by atoms with E-state index in [1.807, 2.05) is 5.38 Å². The van der Waals surface area contributed by atoms with E-state index in [9.17, 15) is 0 Å². The number of hydrogen-bond acceptors (Lipinski definition) is 4. The number of nitrogens with zero attached hydrogens (tertiary/aromatic N) is 2. The molecule has 0 unspecified atom stereocenters. The van der Waals surface area contributed by atoms with E-state index in [1.54, 1.807) is 0 Å². The third-order valence-electron chi connectivity index (χ3n) is 0.605. The van der Waals surface area contributed by atoms with E-state index < -0.39 is 0 Å². The maximum absolute atomic E-state index is 4.38. The van der Waals surface area contributed by atoms with E-state index in [0.29, 0.717) is 5.13 Å². The molecule has 0 aliphatic heterocycles. The Morgan fingerprint density at radius 1 is 1.89 bits per heavy atom. The molecule has 0 fully saturated rings. The van der Waals surface area contributed by atoms with Crippen LogP contribution in [0.3, 0.4) is 0 Å². The number of rotatable bonds is 1. The van der Waals surface area contributed by atoms with Crippen LogP contribution in [-0.2, 0) is 0 Å². The highest BCUT2D eigenvalue weighted by Crippen LogP contribution is 2.21. The minimum atomic E-state index is 0.636. The smallest absolute Gasteiger partial charge is 0.211 e. The molecule has 46 valence electrons. The van der Waals surface area contributed by atoms with E-state index in [1.165, 1.54) is 11.3 Å². The largest absolute Gasteiger partial charge is 0.219 e. The summed E-state index contributed by atoms with van der Waals surface area (Å²) in [6, 6.07) is 0. The van der Waals surface area contributed by atoms with E-state index in [0.717, 1.165) is 4.60 Å². The molecule has 0 atom stereocenters. The van der Waals surface area contributed by atoms with Crippen molar-refractivity contribution in [3.05, 3.63) is 9.98 Å². The second kappa shape index (κ2) is 3.17. The molecule has 0 aliphatic rings. The van der Waals surface area contributed by atoms with E-state index in [2.05, 4.69) is 43.3 Å². The minimum Gasteiger partial charge on any atom is -0.211 e. The monoisotopic (exact) mass is 220 g/mol. The van der Waals surface area contributed by atoms with Gasteiger partial charge in [-0.25, -0.2) is 4.98 Å². The lowest BCUT2D eigenvalue weighted by atomic mass is 11.0. The van der Waals surface area contributed by atoms with Gasteiger partial charge in [-0.15, -0.1) is 11.3 Å². The fourth-order valence-electron chi connectivity index (χ4n) is 0.336. The summed E-state index contributed by atoms with van der Waals surface area (Å²) in [6.45, 7) is 0. The summed E-state index contributed by atoms with van der Waals surface area (Å²) in [7, 11) is 0. The molecule has 1 rings (SSSR count). The maximum atomic E-state index is 4.38. The third-order valence-corrected chi connectivity index (χ3v) is 2.14. The first-order chi connectivity index (χ1) is 4.33. The molecule has 1 aromatic heterocycles. The summed E-state index contributed by atoms with van der Waals surface area (Å²) < 4.78 is 0.788. The Kier molecular flexibility index (Phi) is 2.48. The highest BCUT2D eigenvalue weighted by Gasteiger charge is 1.93. The summed E-state index contributed by atoms with van der Waals surface area (Å²) in [6.07, 6.45) is 0. The van der Waals surface area contributed by atoms with Crippen LogP contribution in [0.5, 0.6) is 0 Å². The van der Waals surface area contributed by atoms with Gasteiger partial charge >= 0.3 is 0 Å². The third kappa shape index (κ3) is 1.95. The average molecular weight is 221 g/mol. The zero-order valence-electron chi connectivity index (χ0n) is 4.17. The van der Waals surface area contributed by atoms with Gasteiger partial charge in [-0.2, -0.15) is 4.99 Å². The molecule has 0 saturated heterocycles. The van der Waals surface area contributed by atoms with Gasteiger partial charge in [0.25, 0.3) is 0 Å². The van der Waals surface area contributed by atoms with Gasteiger partial charge < -0.3 is 0 Å². The number of hydrogen-bond donors (Lipinski definition) is 0. The molecule has 5 heteroatoms. The lowest BCUT2D eigenvalue weighted by Gasteiger charge is -1.71. The Hall–Kier alpha value is -0.0900. The lowest BCUT2D eigenvalue weighted by molar-refractivity contribution is 1.33. The Labute approximate surface area is 69.8 Å². The van der Waals surface area contributed by atoms with Crippen LogP contribution in [0, 0.1) is 0 Å². The van der Waals surface area contributed by atoms with Crippen molar-refractivity contribution in [2.45, 2.75) is 0 Å². The van der Waals surface area contributed by atoms with Crippen LogP contribution in [0.4, 0.5) is 5.13 Å². The molecule has 0 saturated carbocycles. The van der Waals surface area contributed by atoms with Crippen LogP contribution >= 0.6 is 39.5 Å². The van der Waals surface area contributed by atoms with Crippen LogP contribution < -0.4 is 0 Å². The molecule has 0 amide bonds. The van der Waals surface area contributed by atoms with Gasteiger partial charge in [-0.05, 0) is 28.1 Å². The Balaban J connectivity index is 2.97. The Morgan fingerprint density at radius 3 is 3.11 bits per heavy atom. The molecule has 0 spiro atoms. The van der Waals surface area contributed by atoms with E-state index >= 15 is 0 Å². The molecular weight excluding hydrogens is 220 g/mol. The fourth-order valence-corrected chi connectivity index (χ4v) is 1.55. The average Bonchev–Trinajstić information content (AvgIpc) is 2.17. The summed E-state index contributed by atoms with van der Waals surface area (Å²) in [5, 5.41) is 4.71. The van der Waals surface area contributed by atoms with Gasteiger partial charge in [0, 0.05) is 5.38 Å². The summed E-state index contributed by atoms with van der Waals surface area (Å²) in [4.78, 5) is 7.61. The van der Waals surface area contributed by atoms with Crippen molar-refractivity contribution in [1.29, 1.82) is 0 Å². The first-order valence-corrected chi connectivity index (χ1v) is 4.10.